The third kappa shape index (κ3) is 5.72. The first-order valence-corrected chi connectivity index (χ1v) is 17.1. The van der Waals surface area contributed by atoms with Gasteiger partial charge >= 0.3 is 0 Å². The SMILES string of the molecule is O=C1[C@@H]2C[C@@H](CN2c2ncnc3c2cnn3-c2ccc(F)cc2F)Nc2cccc(n2)-c2cccc3ncn(c23)CCCN1CCCn1ncnn1. The number of carbonyl (C=O) groups is 1. The minimum Gasteiger partial charge on any atom is -0.365 e. The minimum atomic E-state index is -0.776. The normalized spacial score (nSPS) is 17.8. The van der Waals surface area contributed by atoms with Crippen LogP contribution < -0.4 is 10.2 Å². The van der Waals surface area contributed by atoms with Crippen molar-refractivity contribution >= 4 is 39.6 Å². The van der Waals surface area contributed by atoms with Crippen molar-refractivity contribution < 1.29 is 13.6 Å². The highest BCUT2D eigenvalue weighted by Crippen LogP contribution is 2.34. The van der Waals surface area contributed by atoms with Gasteiger partial charge in [-0.25, -0.2) is 33.4 Å². The van der Waals surface area contributed by atoms with E-state index in [4.69, 9.17) is 4.98 Å². The molecule has 5 aromatic heterocycles. The number of aryl methyl sites for hydroxylation is 2. The third-order valence-electron chi connectivity index (χ3n) is 9.67. The summed E-state index contributed by atoms with van der Waals surface area (Å²) >= 11 is 0. The number of carbonyl (C=O) groups excluding carboxylic acids is 1. The molecule has 0 spiro atoms. The number of hydrogen-bond acceptors (Lipinski definition) is 11. The number of nitrogens with one attached hydrogen (secondary N) is 1. The summed E-state index contributed by atoms with van der Waals surface area (Å²) in [6.45, 7) is 2.54. The van der Waals surface area contributed by atoms with E-state index in [0.29, 0.717) is 74.7 Å². The lowest BCUT2D eigenvalue weighted by atomic mass is 10.1. The number of hydrogen-bond donors (Lipinski definition) is 1. The first-order chi connectivity index (χ1) is 25.5. The smallest absolute Gasteiger partial charge is 0.245 e. The topological polar surface area (TPSA) is 153 Å². The summed E-state index contributed by atoms with van der Waals surface area (Å²) in [6, 6.07) is 14.4. The van der Waals surface area contributed by atoms with Crippen LogP contribution in [0.25, 0.3) is 39.0 Å². The van der Waals surface area contributed by atoms with Gasteiger partial charge in [0, 0.05) is 43.9 Å². The van der Waals surface area contributed by atoms with E-state index in [9.17, 15) is 13.6 Å². The number of anilines is 2. The van der Waals surface area contributed by atoms with Gasteiger partial charge in [0.25, 0.3) is 0 Å². The molecule has 0 radical (unpaired) electrons. The first kappa shape index (κ1) is 31.6. The highest BCUT2D eigenvalue weighted by molar-refractivity contribution is 5.93. The van der Waals surface area contributed by atoms with Crippen molar-refractivity contribution in [3.05, 3.63) is 91.4 Å². The molecule has 0 aliphatic carbocycles. The monoisotopic (exact) mass is 702 g/mol. The molecule has 1 amide bonds. The second-order valence-corrected chi connectivity index (χ2v) is 12.9. The molecule has 2 aliphatic rings. The Morgan fingerprint density at radius 2 is 1.87 bits per heavy atom. The zero-order valence-corrected chi connectivity index (χ0v) is 27.8. The summed E-state index contributed by atoms with van der Waals surface area (Å²) in [7, 11) is 0. The van der Waals surface area contributed by atoms with Crippen LogP contribution in [-0.2, 0) is 17.9 Å². The van der Waals surface area contributed by atoms with Crippen LogP contribution in [0.5, 0.6) is 0 Å². The van der Waals surface area contributed by atoms with Crippen molar-refractivity contribution in [3.63, 3.8) is 0 Å². The van der Waals surface area contributed by atoms with Gasteiger partial charge in [-0.15, -0.1) is 10.2 Å². The highest BCUT2D eigenvalue weighted by Gasteiger charge is 2.41. The maximum Gasteiger partial charge on any atom is 0.245 e. The van der Waals surface area contributed by atoms with Gasteiger partial charge in [-0.3, -0.25) is 4.79 Å². The summed E-state index contributed by atoms with van der Waals surface area (Å²) in [5.41, 5.74) is 4.05. The molecule has 1 saturated heterocycles. The molecule has 1 N–H and O–H groups in total. The highest BCUT2D eigenvalue weighted by atomic mass is 19.1. The van der Waals surface area contributed by atoms with E-state index in [0.717, 1.165) is 28.4 Å². The molecule has 2 aromatic carbocycles. The molecule has 262 valence electrons. The molecule has 0 unspecified atom stereocenters. The number of para-hydroxylation sites is 1. The summed E-state index contributed by atoms with van der Waals surface area (Å²) in [5, 5.41) is 20.5. The van der Waals surface area contributed by atoms with E-state index in [-0.39, 0.29) is 17.6 Å². The average Bonchev–Trinajstić information content (AvgIpc) is 3.98. The quantitative estimate of drug-likeness (QED) is 0.269. The van der Waals surface area contributed by atoms with Gasteiger partial charge < -0.3 is 19.7 Å². The fourth-order valence-electron chi connectivity index (χ4n) is 7.34. The van der Waals surface area contributed by atoms with Crippen molar-refractivity contribution in [1.82, 2.24) is 59.4 Å². The molecule has 17 heteroatoms. The van der Waals surface area contributed by atoms with Crippen LogP contribution in [0, 0.1) is 11.6 Å². The number of halogens is 2. The van der Waals surface area contributed by atoms with Gasteiger partial charge in [-0.1, -0.05) is 18.2 Å². The van der Waals surface area contributed by atoms with Crippen LogP contribution >= 0.6 is 0 Å². The second-order valence-electron chi connectivity index (χ2n) is 12.9. The molecule has 15 nitrogen and oxygen atoms in total. The molecule has 52 heavy (non-hydrogen) atoms. The number of amides is 1. The van der Waals surface area contributed by atoms with E-state index in [1.807, 2.05) is 46.5 Å². The van der Waals surface area contributed by atoms with Gasteiger partial charge in [-0.05, 0) is 54.8 Å². The minimum absolute atomic E-state index is 0.0480. The number of tetrazole rings is 1. The van der Waals surface area contributed by atoms with Crippen molar-refractivity contribution in [1.29, 1.82) is 0 Å². The summed E-state index contributed by atoms with van der Waals surface area (Å²) in [4.78, 5) is 39.0. The summed E-state index contributed by atoms with van der Waals surface area (Å²) in [5.74, 6) is -0.348. The van der Waals surface area contributed by atoms with Crippen molar-refractivity contribution in [2.45, 2.75) is 44.4 Å². The fourth-order valence-corrected chi connectivity index (χ4v) is 7.34. The van der Waals surface area contributed by atoms with Gasteiger partial charge in [0.05, 0.1) is 41.2 Å². The van der Waals surface area contributed by atoms with E-state index >= 15 is 0 Å². The van der Waals surface area contributed by atoms with E-state index in [2.05, 4.69) is 51.4 Å². The van der Waals surface area contributed by atoms with Crippen LogP contribution in [0.2, 0.25) is 0 Å². The molecular weight excluding hydrogens is 670 g/mol. The Kier molecular flexibility index (Phi) is 7.93. The van der Waals surface area contributed by atoms with E-state index in [1.54, 1.807) is 6.20 Å². The van der Waals surface area contributed by atoms with Crippen LogP contribution in [-0.4, -0.2) is 97.0 Å². The lowest BCUT2D eigenvalue weighted by molar-refractivity contribution is -0.132. The zero-order valence-electron chi connectivity index (χ0n) is 27.8. The Morgan fingerprint density at radius 3 is 2.75 bits per heavy atom. The molecule has 1 fully saturated rings. The van der Waals surface area contributed by atoms with Crippen LogP contribution in [0.1, 0.15) is 19.3 Å². The number of nitrogens with zero attached hydrogens (tertiary/aromatic N) is 13. The number of benzene rings is 2. The van der Waals surface area contributed by atoms with Crippen molar-refractivity contribution in [2.75, 3.05) is 29.9 Å². The first-order valence-electron chi connectivity index (χ1n) is 17.1. The van der Waals surface area contributed by atoms with Crippen LogP contribution in [0.4, 0.5) is 20.4 Å². The number of fused-ring (bicyclic) bond motifs is 6. The number of imidazole rings is 1. The Balaban J connectivity index is 1.11. The largest absolute Gasteiger partial charge is 0.365 e. The van der Waals surface area contributed by atoms with Gasteiger partial charge in [0.1, 0.15) is 35.5 Å². The molecule has 7 aromatic rings. The molecule has 7 heterocycles. The number of pyridine rings is 1. The molecular formula is C35H32F2N14O. The second kappa shape index (κ2) is 13.1. The molecule has 2 aliphatic heterocycles. The Hall–Kier alpha value is -6.39. The standard InChI is InChI=1S/C35H32F2N14O/c36-22-9-10-29(26(37)15-22)51-34-25(17-42-51)33(38-19-39-34)49-18-23-16-30(49)35(52)47(12-4-14-50-43-20-41-46-50)11-3-13-48-21-40-28-7-1-5-24(32(28)48)27-6-2-8-31(44-23)45-27/h1-2,5-10,15,17,19-21,23,30H,3-4,11-14,16,18H2,(H,44,45)/t23-,30-/m0/s1. The summed E-state index contributed by atoms with van der Waals surface area (Å²) < 4.78 is 32.1. The molecule has 9 rings (SSSR count). The van der Waals surface area contributed by atoms with Gasteiger partial charge in [-0.2, -0.15) is 9.90 Å². The Bertz CT molecular complexity index is 2410. The maximum atomic E-state index is 14.9. The lowest BCUT2D eigenvalue weighted by Gasteiger charge is -2.31. The van der Waals surface area contributed by atoms with Gasteiger partial charge in [0.2, 0.25) is 5.91 Å². The van der Waals surface area contributed by atoms with Crippen LogP contribution in [0.15, 0.2) is 79.8 Å². The van der Waals surface area contributed by atoms with E-state index in [1.165, 1.54) is 34.3 Å². The van der Waals surface area contributed by atoms with Crippen molar-refractivity contribution in [2.24, 2.45) is 0 Å². The van der Waals surface area contributed by atoms with Gasteiger partial charge in [0.15, 0.2) is 17.8 Å². The number of aromatic nitrogens is 11. The Morgan fingerprint density at radius 1 is 0.942 bits per heavy atom. The number of rotatable bonds is 6. The molecule has 2 atom stereocenters. The Labute approximate surface area is 294 Å². The third-order valence-corrected chi connectivity index (χ3v) is 9.67. The van der Waals surface area contributed by atoms with Crippen LogP contribution in [0.3, 0.4) is 0 Å². The van der Waals surface area contributed by atoms with E-state index < -0.39 is 17.7 Å². The lowest BCUT2D eigenvalue weighted by Crippen LogP contribution is -2.47. The maximum absolute atomic E-state index is 14.9. The molecule has 0 saturated carbocycles. The average molecular weight is 703 g/mol. The zero-order chi connectivity index (χ0) is 35.2. The van der Waals surface area contributed by atoms with Crippen molar-refractivity contribution in [3.8, 4) is 16.9 Å². The summed E-state index contributed by atoms with van der Waals surface area (Å²) in [6.07, 6.45) is 7.95. The predicted molar refractivity (Wildman–Crippen MR) is 186 cm³/mol. The fraction of sp³-hybridized carbons (Fsp3) is 0.286. The predicted octanol–water partition coefficient (Wildman–Crippen LogP) is 3.87. The molecule has 4 bridgehead atoms.